The van der Waals surface area contributed by atoms with Crippen molar-refractivity contribution in [1.82, 2.24) is 0 Å². The number of hydrogen-bond donors (Lipinski definition) is 0. The van der Waals surface area contributed by atoms with Gasteiger partial charge in [-0.15, -0.1) is 0 Å². The van der Waals surface area contributed by atoms with E-state index in [-0.39, 0.29) is 12.2 Å². The van der Waals surface area contributed by atoms with E-state index in [4.69, 9.17) is 4.84 Å². The van der Waals surface area contributed by atoms with Crippen LogP contribution in [0.15, 0.2) is 23.4 Å². The van der Waals surface area contributed by atoms with E-state index in [1.807, 2.05) is 0 Å². The molecule has 0 aromatic heterocycles. The summed E-state index contributed by atoms with van der Waals surface area (Å²) in [5.74, 6) is -0.734. The van der Waals surface area contributed by atoms with Crippen LogP contribution in [0.5, 0.6) is 0 Å². The molecule has 0 saturated heterocycles. The van der Waals surface area contributed by atoms with Crippen molar-refractivity contribution in [1.29, 1.82) is 0 Å². The third-order valence-electron chi connectivity index (χ3n) is 3.02. The van der Waals surface area contributed by atoms with Crippen LogP contribution in [0.25, 0.3) is 0 Å². The predicted octanol–water partition coefficient (Wildman–Crippen LogP) is 3.66. The maximum Gasteiger partial charge on any atom is 0.147 e. The summed E-state index contributed by atoms with van der Waals surface area (Å²) >= 11 is 0. The number of oxime groups is 1. The molecule has 2 nitrogen and oxygen atoms in total. The molecule has 0 bridgehead atoms. The Morgan fingerprint density at radius 3 is 2.53 bits per heavy atom. The van der Waals surface area contributed by atoms with Crippen LogP contribution < -0.4 is 0 Å². The smallest absolute Gasteiger partial charge is 0.147 e. The van der Waals surface area contributed by atoms with Crippen molar-refractivity contribution in [3.8, 4) is 0 Å². The quantitative estimate of drug-likeness (QED) is 0.580. The summed E-state index contributed by atoms with van der Waals surface area (Å²) < 4.78 is 26.4. The number of nitrogens with zero attached hydrogens (tertiary/aromatic N) is 1. The van der Waals surface area contributed by atoms with Gasteiger partial charge < -0.3 is 4.84 Å². The monoisotopic (exact) mass is 239 g/mol. The van der Waals surface area contributed by atoms with E-state index in [1.165, 1.54) is 31.0 Å². The highest BCUT2D eigenvalue weighted by Crippen LogP contribution is 2.22. The highest BCUT2D eigenvalue weighted by Gasteiger charge is 2.12. The van der Waals surface area contributed by atoms with Gasteiger partial charge in [-0.3, -0.25) is 0 Å². The Hall–Kier alpha value is -1.45. The molecule has 1 aliphatic rings. The third-order valence-corrected chi connectivity index (χ3v) is 3.02. The average molecular weight is 239 g/mol. The van der Waals surface area contributed by atoms with Crippen LogP contribution in [-0.2, 0) is 11.4 Å². The summed E-state index contributed by atoms with van der Waals surface area (Å²) in [5.41, 5.74) is -0.0731. The lowest BCUT2D eigenvalue weighted by molar-refractivity contribution is 0.125. The van der Waals surface area contributed by atoms with E-state index < -0.39 is 11.6 Å². The standard InChI is InChI=1S/C13H15F2NO/c14-12-6-3-7-13(15)11(12)9-17-16-8-10-4-1-2-5-10/h3,6-8,10H,1-2,4-5,9H2. The molecule has 2 rings (SSSR count). The maximum atomic E-state index is 13.2. The zero-order valence-electron chi connectivity index (χ0n) is 9.53. The summed E-state index contributed by atoms with van der Waals surface area (Å²) in [5, 5.41) is 3.77. The second kappa shape index (κ2) is 5.75. The molecule has 1 aromatic rings. The lowest BCUT2D eigenvalue weighted by atomic mass is 10.1. The van der Waals surface area contributed by atoms with Crippen molar-refractivity contribution >= 4 is 6.21 Å². The van der Waals surface area contributed by atoms with Crippen LogP contribution in [0.2, 0.25) is 0 Å². The largest absolute Gasteiger partial charge is 0.391 e. The lowest BCUT2D eigenvalue weighted by Crippen LogP contribution is -1.98. The van der Waals surface area contributed by atoms with E-state index in [9.17, 15) is 8.78 Å². The molecule has 0 N–H and O–H groups in total. The van der Waals surface area contributed by atoms with E-state index in [0.717, 1.165) is 12.8 Å². The van der Waals surface area contributed by atoms with Crippen molar-refractivity contribution in [3.05, 3.63) is 35.4 Å². The fourth-order valence-corrected chi connectivity index (χ4v) is 2.01. The van der Waals surface area contributed by atoms with Crippen molar-refractivity contribution in [3.63, 3.8) is 0 Å². The van der Waals surface area contributed by atoms with Gasteiger partial charge >= 0.3 is 0 Å². The molecule has 92 valence electrons. The van der Waals surface area contributed by atoms with E-state index in [1.54, 1.807) is 6.21 Å². The van der Waals surface area contributed by atoms with Gasteiger partial charge in [0.25, 0.3) is 0 Å². The predicted molar refractivity (Wildman–Crippen MR) is 61.6 cm³/mol. The minimum absolute atomic E-state index is 0.0731. The van der Waals surface area contributed by atoms with Gasteiger partial charge in [-0.05, 0) is 30.9 Å². The molecule has 0 radical (unpaired) electrons. The van der Waals surface area contributed by atoms with Gasteiger partial charge in [-0.2, -0.15) is 0 Å². The Labute approximate surface area is 99.3 Å². The van der Waals surface area contributed by atoms with Crippen molar-refractivity contribution < 1.29 is 13.6 Å². The van der Waals surface area contributed by atoms with Gasteiger partial charge in [0.15, 0.2) is 0 Å². The van der Waals surface area contributed by atoms with Gasteiger partial charge in [-0.25, -0.2) is 8.78 Å². The molecule has 0 unspecified atom stereocenters. The van der Waals surface area contributed by atoms with Gasteiger partial charge in [-0.1, -0.05) is 24.1 Å². The molecule has 17 heavy (non-hydrogen) atoms. The zero-order chi connectivity index (χ0) is 12.1. The van der Waals surface area contributed by atoms with Crippen molar-refractivity contribution in [2.45, 2.75) is 32.3 Å². The van der Waals surface area contributed by atoms with Gasteiger partial charge in [0.05, 0.1) is 5.56 Å². The summed E-state index contributed by atoms with van der Waals surface area (Å²) in [6.07, 6.45) is 6.44. The van der Waals surface area contributed by atoms with Crippen molar-refractivity contribution in [2.75, 3.05) is 0 Å². The molecule has 1 saturated carbocycles. The van der Waals surface area contributed by atoms with Crippen LogP contribution in [-0.4, -0.2) is 6.21 Å². The summed E-state index contributed by atoms with van der Waals surface area (Å²) in [6.45, 7) is -0.165. The first-order valence-corrected chi connectivity index (χ1v) is 5.85. The molecule has 0 heterocycles. The first-order chi connectivity index (χ1) is 8.27. The molecule has 1 aliphatic carbocycles. The Morgan fingerprint density at radius 2 is 1.88 bits per heavy atom. The van der Waals surface area contributed by atoms with E-state index >= 15 is 0 Å². The number of hydrogen-bond acceptors (Lipinski definition) is 2. The lowest BCUT2D eigenvalue weighted by Gasteiger charge is -2.04. The summed E-state index contributed by atoms with van der Waals surface area (Å²) in [6, 6.07) is 3.75. The van der Waals surface area contributed by atoms with Crippen LogP contribution in [0.4, 0.5) is 8.78 Å². The average Bonchev–Trinajstić information content (AvgIpc) is 2.80. The van der Waals surface area contributed by atoms with Crippen LogP contribution in [0, 0.1) is 17.6 Å². The minimum atomic E-state index is -0.596. The third kappa shape index (κ3) is 3.25. The Balaban J connectivity index is 1.85. The molecule has 4 heteroatoms. The SMILES string of the molecule is Fc1cccc(F)c1CON=CC1CCCC1. The maximum absolute atomic E-state index is 13.2. The van der Waals surface area contributed by atoms with E-state index in [0.29, 0.717) is 5.92 Å². The summed E-state index contributed by atoms with van der Waals surface area (Å²) in [4.78, 5) is 4.93. The molecule has 0 atom stereocenters. The fraction of sp³-hybridized carbons (Fsp3) is 0.462. The Morgan fingerprint density at radius 1 is 1.24 bits per heavy atom. The van der Waals surface area contributed by atoms with Crippen molar-refractivity contribution in [2.24, 2.45) is 11.1 Å². The molecular formula is C13H15F2NO. The normalized spacial score (nSPS) is 16.8. The number of halogens is 2. The highest BCUT2D eigenvalue weighted by atomic mass is 19.1. The van der Waals surface area contributed by atoms with Crippen LogP contribution in [0.3, 0.4) is 0 Å². The first-order valence-electron chi connectivity index (χ1n) is 5.85. The Bertz CT molecular complexity index is 380. The fourth-order valence-electron chi connectivity index (χ4n) is 2.01. The van der Waals surface area contributed by atoms with Crippen LogP contribution >= 0.6 is 0 Å². The first kappa shape index (κ1) is 12.0. The second-order valence-corrected chi connectivity index (χ2v) is 4.27. The molecular weight excluding hydrogens is 224 g/mol. The van der Waals surface area contributed by atoms with E-state index in [2.05, 4.69) is 5.16 Å². The number of rotatable bonds is 4. The van der Waals surface area contributed by atoms with Crippen LogP contribution in [0.1, 0.15) is 31.2 Å². The molecule has 0 spiro atoms. The highest BCUT2D eigenvalue weighted by molar-refractivity contribution is 5.60. The zero-order valence-corrected chi connectivity index (χ0v) is 9.53. The topological polar surface area (TPSA) is 21.6 Å². The van der Waals surface area contributed by atoms with Gasteiger partial charge in [0, 0.05) is 6.21 Å². The second-order valence-electron chi connectivity index (χ2n) is 4.27. The van der Waals surface area contributed by atoms with Gasteiger partial charge in [0.1, 0.15) is 18.2 Å². The molecule has 1 fully saturated rings. The molecule has 0 amide bonds. The molecule has 1 aromatic carbocycles. The molecule has 0 aliphatic heterocycles. The Kier molecular flexibility index (Phi) is 4.07. The summed E-state index contributed by atoms with van der Waals surface area (Å²) in [7, 11) is 0. The van der Waals surface area contributed by atoms with Gasteiger partial charge in [0.2, 0.25) is 0 Å². The minimum Gasteiger partial charge on any atom is -0.391 e. The number of benzene rings is 1.